The summed E-state index contributed by atoms with van der Waals surface area (Å²) < 4.78 is 0. The van der Waals surface area contributed by atoms with Gasteiger partial charge in [0.2, 0.25) is 5.95 Å². The third kappa shape index (κ3) is 3.09. The van der Waals surface area contributed by atoms with Gasteiger partial charge in [0, 0.05) is 50.2 Å². The number of hydrogen-bond acceptors (Lipinski definition) is 6. The Labute approximate surface area is 124 Å². The lowest BCUT2D eigenvalue weighted by atomic mass is 9.93. The molecule has 0 unspecified atom stereocenters. The number of piperidine rings is 1. The highest BCUT2D eigenvalue weighted by molar-refractivity contribution is 5.37. The molecular formula is C15H20N6. The van der Waals surface area contributed by atoms with Crippen LogP contribution >= 0.6 is 0 Å². The van der Waals surface area contributed by atoms with Crippen LogP contribution in [0.1, 0.15) is 30.3 Å². The Morgan fingerprint density at radius 2 is 1.86 bits per heavy atom. The molecule has 1 aliphatic rings. The molecule has 3 rings (SSSR count). The summed E-state index contributed by atoms with van der Waals surface area (Å²) in [4.78, 5) is 19.8. The molecule has 1 saturated heterocycles. The maximum Gasteiger partial charge on any atom is 0.225 e. The minimum atomic E-state index is 0.485. The molecule has 6 heteroatoms. The predicted molar refractivity (Wildman–Crippen MR) is 82.5 cm³/mol. The molecule has 6 nitrogen and oxygen atoms in total. The van der Waals surface area contributed by atoms with Crippen molar-refractivity contribution in [3.8, 4) is 0 Å². The van der Waals surface area contributed by atoms with E-state index in [4.69, 9.17) is 0 Å². The molecule has 0 aliphatic carbocycles. The molecule has 110 valence electrons. The van der Waals surface area contributed by atoms with Crippen molar-refractivity contribution in [2.45, 2.75) is 25.7 Å². The number of nitrogens with one attached hydrogen (secondary N) is 1. The summed E-state index contributed by atoms with van der Waals surface area (Å²) in [6.45, 7) is 3.87. The summed E-state index contributed by atoms with van der Waals surface area (Å²) in [6, 6.07) is 3.91. The lowest BCUT2D eigenvalue weighted by molar-refractivity contribution is 0.489. The van der Waals surface area contributed by atoms with Crippen molar-refractivity contribution in [3.05, 3.63) is 36.0 Å². The van der Waals surface area contributed by atoms with Gasteiger partial charge in [0.15, 0.2) is 0 Å². The third-order valence-corrected chi connectivity index (χ3v) is 3.86. The quantitative estimate of drug-likeness (QED) is 0.930. The summed E-state index contributed by atoms with van der Waals surface area (Å²) in [6.07, 6.45) is 5.72. The zero-order valence-electron chi connectivity index (χ0n) is 12.5. The fourth-order valence-electron chi connectivity index (χ4n) is 2.76. The summed E-state index contributed by atoms with van der Waals surface area (Å²) in [5, 5.41) is 3.10. The molecular weight excluding hydrogens is 264 g/mol. The van der Waals surface area contributed by atoms with Gasteiger partial charge in [0.25, 0.3) is 0 Å². The Kier molecular flexibility index (Phi) is 3.94. The molecule has 2 aromatic rings. The second-order valence-corrected chi connectivity index (χ2v) is 5.29. The highest BCUT2D eigenvalue weighted by atomic mass is 15.2. The fraction of sp³-hybridized carbons (Fsp3) is 0.467. The van der Waals surface area contributed by atoms with E-state index in [0.29, 0.717) is 5.92 Å². The van der Waals surface area contributed by atoms with Gasteiger partial charge >= 0.3 is 0 Å². The van der Waals surface area contributed by atoms with E-state index in [-0.39, 0.29) is 0 Å². The number of aromatic nitrogens is 4. The van der Waals surface area contributed by atoms with Crippen LogP contribution in [-0.4, -0.2) is 40.1 Å². The molecule has 1 N–H and O–H groups in total. The molecule has 1 aliphatic heterocycles. The third-order valence-electron chi connectivity index (χ3n) is 3.86. The number of aryl methyl sites for hydroxylation is 1. The van der Waals surface area contributed by atoms with Crippen LogP contribution in [0.5, 0.6) is 0 Å². The van der Waals surface area contributed by atoms with E-state index < -0.39 is 0 Å². The number of anilines is 2. The molecule has 0 atom stereocenters. The van der Waals surface area contributed by atoms with Crippen molar-refractivity contribution in [2.24, 2.45) is 0 Å². The average molecular weight is 284 g/mol. The molecule has 0 aromatic carbocycles. The Morgan fingerprint density at radius 1 is 1.14 bits per heavy atom. The highest BCUT2D eigenvalue weighted by Crippen LogP contribution is 2.29. The smallest absolute Gasteiger partial charge is 0.225 e. The Morgan fingerprint density at radius 3 is 2.52 bits per heavy atom. The number of rotatable bonds is 3. The molecule has 2 aromatic heterocycles. The van der Waals surface area contributed by atoms with Crippen LogP contribution in [0.3, 0.4) is 0 Å². The van der Waals surface area contributed by atoms with Gasteiger partial charge in [-0.2, -0.15) is 0 Å². The van der Waals surface area contributed by atoms with Crippen molar-refractivity contribution in [3.63, 3.8) is 0 Å². The van der Waals surface area contributed by atoms with Gasteiger partial charge < -0.3 is 10.2 Å². The van der Waals surface area contributed by atoms with Crippen LogP contribution < -0.4 is 10.2 Å². The van der Waals surface area contributed by atoms with Gasteiger partial charge in [-0.15, -0.1) is 0 Å². The van der Waals surface area contributed by atoms with Gasteiger partial charge in [-0.05, 0) is 25.8 Å². The topological polar surface area (TPSA) is 66.8 Å². The van der Waals surface area contributed by atoms with E-state index in [1.807, 2.05) is 20.0 Å². The number of hydrogen-bond donors (Lipinski definition) is 1. The lowest BCUT2D eigenvalue weighted by Crippen LogP contribution is -2.34. The molecule has 0 saturated carbocycles. The lowest BCUT2D eigenvalue weighted by Gasteiger charge is -2.31. The summed E-state index contributed by atoms with van der Waals surface area (Å²) in [5.41, 5.74) is 1.14. The van der Waals surface area contributed by atoms with E-state index in [2.05, 4.69) is 36.2 Å². The standard InChI is InChI=1S/C15H20N6/c1-11-19-13(10-14(16-2)20-11)12-4-8-21(9-5-12)15-17-6-3-7-18-15/h3,6-7,10,12H,4-5,8-9H2,1-2H3,(H,16,19,20). The maximum absolute atomic E-state index is 4.60. The Hall–Kier alpha value is -2.24. The molecule has 0 radical (unpaired) electrons. The SMILES string of the molecule is CNc1cc(C2CCN(c3ncccn3)CC2)nc(C)n1. The van der Waals surface area contributed by atoms with E-state index in [1.54, 1.807) is 12.4 Å². The molecule has 0 bridgehead atoms. The minimum Gasteiger partial charge on any atom is -0.373 e. The summed E-state index contributed by atoms with van der Waals surface area (Å²) in [5.74, 6) is 3.03. The summed E-state index contributed by atoms with van der Waals surface area (Å²) >= 11 is 0. The van der Waals surface area contributed by atoms with Gasteiger partial charge in [0.05, 0.1) is 0 Å². The second-order valence-electron chi connectivity index (χ2n) is 5.29. The first kappa shape index (κ1) is 13.7. The zero-order chi connectivity index (χ0) is 14.7. The van der Waals surface area contributed by atoms with Gasteiger partial charge in [-0.1, -0.05) is 0 Å². The van der Waals surface area contributed by atoms with Crippen LogP contribution in [0.25, 0.3) is 0 Å². The van der Waals surface area contributed by atoms with Gasteiger partial charge in [0.1, 0.15) is 11.6 Å². The van der Waals surface area contributed by atoms with Crippen LogP contribution in [0, 0.1) is 6.92 Å². The molecule has 21 heavy (non-hydrogen) atoms. The van der Waals surface area contributed by atoms with E-state index in [1.165, 1.54) is 0 Å². The first-order valence-electron chi connectivity index (χ1n) is 7.31. The second kappa shape index (κ2) is 6.03. The molecule has 1 fully saturated rings. The Balaban J connectivity index is 1.70. The van der Waals surface area contributed by atoms with Crippen molar-refractivity contribution in [2.75, 3.05) is 30.4 Å². The van der Waals surface area contributed by atoms with E-state index >= 15 is 0 Å². The van der Waals surface area contributed by atoms with Crippen LogP contribution in [0.2, 0.25) is 0 Å². The highest BCUT2D eigenvalue weighted by Gasteiger charge is 2.23. The first-order valence-corrected chi connectivity index (χ1v) is 7.31. The zero-order valence-corrected chi connectivity index (χ0v) is 12.5. The maximum atomic E-state index is 4.60. The minimum absolute atomic E-state index is 0.485. The monoisotopic (exact) mass is 284 g/mol. The normalized spacial score (nSPS) is 16.0. The Bertz CT molecular complexity index is 592. The summed E-state index contributed by atoms with van der Waals surface area (Å²) in [7, 11) is 1.89. The molecule has 3 heterocycles. The van der Waals surface area contributed by atoms with Gasteiger partial charge in [-0.3, -0.25) is 0 Å². The largest absolute Gasteiger partial charge is 0.373 e. The van der Waals surface area contributed by atoms with E-state index in [9.17, 15) is 0 Å². The van der Waals surface area contributed by atoms with E-state index in [0.717, 1.165) is 49.2 Å². The number of nitrogens with zero attached hydrogens (tertiary/aromatic N) is 5. The van der Waals surface area contributed by atoms with Crippen LogP contribution in [-0.2, 0) is 0 Å². The van der Waals surface area contributed by atoms with Crippen molar-refractivity contribution in [1.29, 1.82) is 0 Å². The van der Waals surface area contributed by atoms with Gasteiger partial charge in [-0.25, -0.2) is 19.9 Å². The van der Waals surface area contributed by atoms with Crippen LogP contribution in [0.4, 0.5) is 11.8 Å². The molecule has 0 spiro atoms. The fourth-order valence-corrected chi connectivity index (χ4v) is 2.76. The average Bonchev–Trinajstić information content (AvgIpc) is 2.55. The van der Waals surface area contributed by atoms with Crippen molar-refractivity contribution in [1.82, 2.24) is 19.9 Å². The van der Waals surface area contributed by atoms with Crippen molar-refractivity contribution < 1.29 is 0 Å². The van der Waals surface area contributed by atoms with Crippen molar-refractivity contribution >= 4 is 11.8 Å². The predicted octanol–water partition coefficient (Wildman–Crippen LogP) is 2.00. The molecule has 0 amide bonds. The first-order chi connectivity index (χ1) is 10.3. The van der Waals surface area contributed by atoms with Crippen LogP contribution in [0.15, 0.2) is 24.5 Å².